The van der Waals surface area contributed by atoms with Gasteiger partial charge in [-0.1, -0.05) is 66.7 Å². The van der Waals surface area contributed by atoms with Crippen LogP contribution in [0, 0.1) is 0 Å². The van der Waals surface area contributed by atoms with Crippen LogP contribution in [0.15, 0.2) is 140 Å². The third kappa shape index (κ3) is 3.73. The highest BCUT2D eigenvalue weighted by atomic mass is 32.1. The second kappa shape index (κ2) is 9.30. The van der Waals surface area contributed by atoms with Crippen molar-refractivity contribution in [2.45, 2.75) is 0 Å². The number of nitrogens with zero attached hydrogens (tertiary/aromatic N) is 3. The Morgan fingerprint density at radius 2 is 1.18 bits per heavy atom. The predicted molar refractivity (Wildman–Crippen MR) is 168 cm³/mol. The molecule has 0 radical (unpaired) electrons. The first kappa shape index (κ1) is 22.9. The Morgan fingerprint density at radius 1 is 0.500 bits per heavy atom. The molecule has 188 valence electrons. The summed E-state index contributed by atoms with van der Waals surface area (Å²) < 4.78 is 3.71. The van der Waals surface area contributed by atoms with Crippen LogP contribution in [-0.4, -0.2) is 14.5 Å². The Kier molecular flexibility index (Phi) is 5.32. The van der Waals surface area contributed by atoms with Crippen molar-refractivity contribution in [1.29, 1.82) is 0 Å². The van der Waals surface area contributed by atoms with Crippen LogP contribution in [0.1, 0.15) is 0 Å². The topological polar surface area (TPSA) is 30.7 Å². The summed E-state index contributed by atoms with van der Waals surface area (Å²) in [5.41, 5.74) is 8.75. The van der Waals surface area contributed by atoms with Crippen LogP contribution < -0.4 is 0 Å². The molecule has 4 aromatic heterocycles. The van der Waals surface area contributed by atoms with Gasteiger partial charge in [0.05, 0.1) is 16.9 Å². The Hall–Kier alpha value is -5.06. The quantitative estimate of drug-likeness (QED) is 0.227. The van der Waals surface area contributed by atoms with Crippen molar-refractivity contribution in [3.05, 3.63) is 140 Å². The van der Waals surface area contributed by atoms with Crippen molar-refractivity contribution in [3.63, 3.8) is 0 Å². The van der Waals surface area contributed by atoms with Crippen molar-refractivity contribution in [1.82, 2.24) is 14.5 Å². The van der Waals surface area contributed by atoms with E-state index in [1.165, 1.54) is 42.3 Å². The van der Waals surface area contributed by atoms with Gasteiger partial charge in [-0.3, -0.25) is 9.97 Å². The first-order valence-corrected chi connectivity index (χ1v) is 14.1. The lowest BCUT2D eigenvalue weighted by atomic mass is 10.0. The Bertz CT molecular complexity index is 2090. The zero-order chi connectivity index (χ0) is 26.5. The summed E-state index contributed by atoms with van der Waals surface area (Å²) in [6.07, 6.45) is 3.70. The second-order valence-electron chi connectivity index (χ2n) is 9.91. The summed E-state index contributed by atoms with van der Waals surface area (Å²) >= 11 is 1.85. The molecular weight excluding hydrogens is 506 g/mol. The van der Waals surface area contributed by atoms with Gasteiger partial charge in [0.1, 0.15) is 4.83 Å². The number of thiophene rings is 1. The molecule has 0 saturated heterocycles. The fourth-order valence-electron chi connectivity index (χ4n) is 5.66. The maximum absolute atomic E-state index is 4.68. The van der Waals surface area contributed by atoms with Gasteiger partial charge < -0.3 is 4.57 Å². The largest absolute Gasteiger partial charge is 0.301 e. The summed E-state index contributed by atoms with van der Waals surface area (Å²) in [5.74, 6) is 0. The molecule has 4 heteroatoms. The zero-order valence-electron chi connectivity index (χ0n) is 21.5. The third-order valence-electron chi connectivity index (χ3n) is 7.49. The molecule has 0 saturated carbocycles. The average Bonchev–Trinajstić information content (AvgIpc) is 3.56. The SMILES string of the molecule is c1ccc(-c2ccc3c(c2)c2c4ccccc4sc2n3-c2cc(-c3ccccn3)cc(-c3ccccn3)c2)cc1. The van der Waals surface area contributed by atoms with Gasteiger partial charge in [-0.05, 0) is 71.8 Å². The van der Waals surface area contributed by atoms with E-state index >= 15 is 0 Å². The van der Waals surface area contributed by atoms with Gasteiger partial charge in [0.15, 0.2) is 0 Å². The van der Waals surface area contributed by atoms with Crippen LogP contribution in [0.5, 0.6) is 0 Å². The smallest absolute Gasteiger partial charge is 0.109 e. The molecule has 0 amide bonds. The van der Waals surface area contributed by atoms with E-state index in [9.17, 15) is 0 Å². The first-order valence-electron chi connectivity index (χ1n) is 13.3. The lowest BCUT2D eigenvalue weighted by Crippen LogP contribution is -1.96. The van der Waals surface area contributed by atoms with Crippen LogP contribution in [0.3, 0.4) is 0 Å². The van der Waals surface area contributed by atoms with Crippen LogP contribution in [0.2, 0.25) is 0 Å². The Morgan fingerprint density at radius 3 is 1.88 bits per heavy atom. The molecule has 0 spiro atoms. The molecule has 0 aliphatic carbocycles. The molecule has 0 N–H and O–H groups in total. The molecule has 0 aliphatic heterocycles. The minimum atomic E-state index is 0.942. The first-order chi connectivity index (χ1) is 19.8. The van der Waals surface area contributed by atoms with E-state index in [1.807, 2.05) is 48.0 Å². The van der Waals surface area contributed by atoms with Gasteiger partial charge in [-0.2, -0.15) is 0 Å². The number of hydrogen-bond donors (Lipinski definition) is 0. The monoisotopic (exact) mass is 529 g/mol. The summed E-state index contributed by atoms with van der Waals surface area (Å²) in [4.78, 5) is 10.6. The van der Waals surface area contributed by atoms with Gasteiger partial charge in [0, 0.05) is 50.1 Å². The van der Waals surface area contributed by atoms with Crippen molar-refractivity contribution in [2.24, 2.45) is 0 Å². The highest BCUT2D eigenvalue weighted by Crippen LogP contribution is 2.44. The fourth-order valence-corrected chi connectivity index (χ4v) is 6.91. The van der Waals surface area contributed by atoms with Gasteiger partial charge >= 0.3 is 0 Å². The van der Waals surface area contributed by atoms with E-state index in [-0.39, 0.29) is 0 Å². The molecule has 0 bridgehead atoms. The summed E-state index contributed by atoms with van der Waals surface area (Å²) in [5, 5.41) is 3.86. The number of aromatic nitrogens is 3. The van der Waals surface area contributed by atoms with Gasteiger partial charge in [-0.25, -0.2) is 0 Å². The zero-order valence-corrected chi connectivity index (χ0v) is 22.3. The third-order valence-corrected chi connectivity index (χ3v) is 8.65. The van der Waals surface area contributed by atoms with Gasteiger partial charge in [0.25, 0.3) is 0 Å². The van der Waals surface area contributed by atoms with Crippen LogP contribution in [0.4, 0.5) is 0 Å². The summed E-state index contributed by atoms with van der Waals surface area (Å²) in [6, 6.07) is 45.0. The van der Waals surface area contributed by atoms with Crippen molar-refractivity contribution in [3.8, 4) is 39.3 Å². The minimum Gasteiger partial charge on any atom is -0.301 e. The fraction of sp³-hybridized carbons (Fsp3) is 0. The lowest BCUT2D eigenvalue weighted by molar-refractivity contribution is 1.19. The number of hydrogen-bond acceptors (Lipinski definition) is 3. The molecule has 8 aromatic rings. The number of benzene rings is 4. The van der Waals surface area contributed by atoms with E-state index < -0.39 is 0 Å². The van der Waals surface area contributed by atoms with E-state index in [2.05, 4.69) is 118 Å². The van der Waals surface area contributed by atoms with Crippen molar-refractivity contribution >= 4 is 42.5 Å². The molecule has 0 fully saturated rings. The lowest BCUT2D eigenvalue weighted by Gasteiger charge is -2.13. The van der Waals surface area contributed by atoms with Gasteiger partial charge in [0.2, 0.25) is 0 Å². The molecular formula is C36H23N3S. The summed E-state index contributed by atoms with van der Waals surface area (Å²) in [7, 11) is 0. The maximum Gasteiger partial charge on any atom is 0.109 e. The summed E-state index contributed by atoms with van der Waals surface area (Å²) in [6.45, 7) is 0. The van der Waals surface area contributed by atoms with E-state index in [0.717, 1.165) is 28.2 Å². The second-order valence-corrected chi connectivity index (χ2v) is 10.9. The molecule has 3 nitrogen and oxygen atoms in total. The molecule has 0 aliphatic rings. The highest BCUT2D eigenvalue weighted by Gasteiger charge is 2.19. The average molecular weight is 530 g/mol. The van der Waals surface area contributed by atoms with Crippen LogP contribution in [0.25, 0.3) is 70.5 Å². The predicted octanol–water partition coefficient (Wildman–Crippen LogP) is 9.79. The Labute approximate surface area is 235 Å². The molecule has 0 atom stereocenters. The number of rotatable bonds is 4. The number of fused-ring (bicyclic) bond motifs is 5. The molecule has 4 heterocycles. The van der Waals surface area contributed by atoms with E-state index in [0.29, 0.717) is 0 Å². The van der Waals surface area contributed by atoms with Crippen molar-refractivity contribution < 1.29 is 0 Å². The van der Waals surface area contributed by atoms with E-state index in [1.54, 1.807) is 0 Å². The van der Waals surface area contributed by atoms with Crippen LogP contribution in [-0.2, 0) is 0 Å². The normalized spacial score (nSPS) is 11.5. The molecule has 8 rings (SSSR count). The molecule has 4 aromatic carbocycles. The number of pyridine rings is 2. The highest BCUT2D eigenvalue weighted by molar-refractivity contribution is 7.25. The standard InChI is InChI=1S/C36H23N3S/c1-2-10-24(11-3-1)25-16-17-33-30(23-25)35-29-12-4-5-15-34(29)40-36(35)39(33)28-21-26(31-13-6-8-18-37-31)20-27(22-28)32-14-7-9-19-38-32/h1-23H. The Balaban J connectivity index is 1.46. The van der Waals surface area contributed by atoms with Crippen molar-refractivity contribution in [2.75, 3.05) is 0 Å². The molecule has 40 heavy (non-hydrogen) atoms. The maximum atomic E-state index is 4.68. The van der Waals surface area contributed by atoms with Gasteiger partial charge in [-0.15, -0.1) is 11.3 Å². The minimum absolute atomic E-state index is 0.942. The van der Waals surface area contributed by atoms with E-state index in [4.69, 9.17) is 0 Å². The van der Waals surface area contributed by atoms with Crippen LogP contribution >= 0.6 is 11.3 Å². The molecule has 0 unspecified atom stereocenters.